The van der Waals surface area contributed by atoms with Gasteiger partial charge in [-0.1, -0.05) is 25.4 Å². The number of aryl methyl sites for hydroxylation is 1. The van der Waals surface area contributed by atoms with Crippen molar-refractivity contribution in [2.24, 2.45) is 0 Å². The fourth-order valence-corrected chi connectivity index (χ4v) is 5.25. The molecule has 1 unspecified atom stereocenters. The molecule has 2 N–H and O–H groups in total. The van der Waals surface area contributed by atoms with Crippen LogP contribution in [0.1, 0.15) is 43.5 Å². The SMILES string of the molecule is CCc1cc(-c2ccc(Cl)s2)cc2c3c([nH]c12)C(CC)(CCO)OCC3. The average molecular weight is 390 g/mol. The zero-order valence-electron chi connectivity index (χ0n) is 15.2. The quantitative estimate of drug-likeness (QED) is 0.590. The third kappa shape index (κ3) is 2.80. The van der Waals surface area contributed by atoms with Crippen LogP contribution in [0.4, 0.5) is 0 Å². The number of thiophene rings is 1. The number of ether oxygens (including phenoxy) is 1. The maximum atomic E-state index is 9.61. The molecule has 1 aliphatic heterocycles. The summed E-state index contributed by atoms with van der Waals surface area (Å²) in [7, 11) is 0. The van der Waals surface area contributed by atoms with Crippen LogP contribution >= 0.6 is 22.9 Å². The van der Waals surface area contributed by atoms with Crippen molar-refractivity contribution in [2.75, 3.05) is 13.2 Å². The fraction of sp³-hybridized carbons (Fsp3) is 0.429. The third-order valence-electron chi connectivity index (χ3n) is 5.61. The molecule has 1 aromatic carbocycles. The molecule has 1 aliphatic rings. The molecule has 1 atom stereocenters. The number of aliphatic hydroxyl groups excluding tert-OH is 1. The molecule has 138 valence electrons. The van der Waals surface area contributed by atoms with E-state index in [1.165, 1.54) is 32.5 Å². The van der Waals surface area contributed by atoms with Gasteiger partial charge in [-0.3, -0.25) is 0 Å². The molecule has 0 aliphatic carbocycles. The second-order valence-corrected chi connectivity index (χ2v) is 8.63. The van der Waals surface area contributed by atoms with Crippen molar-refractivity contribution in [3.8, 4) is 10.4 Å². The summed E-state index contributed by atoms with van der Waals surface area (Å²) < 4.78 is 7.01. The van der Waals surface area contributed by atoms with E-state index in [1.54, 1.807) is 11.3 Å². The number of hydrogen-bond acceptors (Lipinski definition) is 3. The standard InChI is InChI=1S/C21H24ClNO2S/c1-3-13-11-14(17-5-6-18(22)26-17)12-16-15-7-10-25-21(4-2,8-9-24)20(15)23-19(13)16/h5-6,11-12,23-24H,3-4,7-10H2,1-2H3. The van der Waals surface area contributed by atoms with Crippen molar-refractivity contribution in [1.82, 2.24) is 4.98 Å². The molecule has 0 bridgehead atoms. The van der Waals surface area contributed by atoms with Gasteiger partial charge in [0.25, 0.3) is 0 Å². The van der Waals surface area contributed by atoms with Gasteiger partial charge >= 0.3 is 0 Å². The maximum Gasteiger partial charge on any atom is 0.110 e. The van der Waals surface area contributed by atoms with Crippen molar-refractivity contribution in [3.63, 3.8) is 0 Å². The molecule has 0 spiro atoms. The number of halogens is 1. The van der Waals surface area contributed by atoms with Crippen LogP contribution in [0.25, 0.3) is 21.3 Å². The summed E-state index contributed by atoms with van der Waals surface area (Å²) in [6.45, 7) is 5.15. The summed E-state index contributed by atoms with van der Waals surface area (Å²) in [4.78, 5) is 4.89. The number of H-pyrrole nitrogens is 1. The smallest absolute Gasteiger partial charge is 0.110 e. The lowest BCUT2D eigenvalue weighted by Crippen LogP contribution is -2.36. The van der Waals surface area contributed by atoms with Crippen LogP contribution in [-0.4, -0.2) is 23.3 Å². The Kier molecular flexibility index (Phi) is 4.86. The van der Waals surface area contributed by atoms with E-state index < -0.39 is 5.60 Å². The van der Waals surface area contributed by atoms with Gasteiger partial charge in [0.15, 0.2) is 0 Å². The van der Waals surface area contributed by atoms with Gasteiger partial charge in [0.2, 0.25) is 0 Å². The van der Waals surface area contributed by atoms with Gasteiger partial charge in [0.05, 0.1) is 16.6 Å². The highest BCUT2D eigenvalue weighted by Gasteiger charge is 2.38. The van der Waals surface area contributed by atoms with Gasteiger partial charge in [-0.25, -0.2) is 0 Å². The number of benzene rings is 1. The van der Waals surface area contributed by atoms with Gasteiger partial charge in [0, 0.05) is 28.8 Å². The Morgan fingerprint density at radius 2 is 2.15 bits per heavy atom. The fourth-order valence-electron chi connectivity index (χ4n) is 4.22. The van der Waals surface area contributed by atoms with E-state index >= 15 is 0 Å². The molecular weight excluding hydrogens is 366 g/mol. The van der Waals surface area contributed by atoms with Crippen LogP contribution in [0.5, 0.6) is 0 Å². The Balaban J connectivity index is 1.95. The van der Waals surface area contributed by atoms with Crippen molar-refractivity contribution in [2.45, 2.75) is 45.1 Å². The minimum Gasteiger partial charge on any atom is -0.396 e. The molecule has 3 nitrogen and oxygen atoms in total. The van der Waals surface area contributed by atoms with Crippen molar-refractivity contribution in [3.05, 3.63) is 45.4 Å². The summed E-state index contributed by atoms with van der Waals surface area (Å²) in [5, 5.41) is 10.9. The predicted molar refractivity (Wildman–Crippen MR) is 109 cm³/mol. The predicted octanol–water partition coefficient (Wildman–Crippen LogP) is 5.67. The largest absolute Gasteiger partial charge is 0.396 e. The zero-order chi connectivity index (χ0) is 18.3. The minimum absolute atomic E-state index is 0.127. The van der Waals surface area contributed by atoms with Gasteiger partial charge in [-0.15, -0.1) is 11.3 Å². The summed E-state index contributed by atoms with van der Waals surface area (Å²) in [6, 6.07) is 8.61. The lowest BCUT2D eigenvalue weighted by molar-refractivity contribution is -0.0795. The number of hydrogen-bond donors (Lipinski definition) is 2. The first-order valence-corrected chi connectivity index (χ1v) is 10.5. The minimum atomic E-state index is -0.404. The van der Waals surface area contributed by atoms with Gasteiger partial charge in [-0.2, -0.15) is 0 Å². The molecule has 4 rings (SSSR count). The average Bonchev–Trinajstić information content (AvgIpc) is 3.25. The van der Waals surface area contributed by atoms with Crippen molar-refractivity contribution >= 4 is 33.8 Å². The van der Waals surface area contributed by atoms with E-state index in [2.05, 4.69) is 37.0 Å². The lowest BCUT2D eigenvalue weighted by Gasteiger charge is -2.36. The van der Waals surface area contributed by atoms with Crippen LogP contribution in [0.15, 0.2) is 24.3 Å². The molecule has 5 heteroatoms. The Morgan fingerprint density at radius 1 is 1.31 bits per heavy atom. The first-order chi connectivity index (χ1) is 12.6. The third-order valence-corrected chi connectivity index (χ3v) is 6.89. The molecule has 0 amide bonds. The van der Waals surface area contributed by atoms with E-state index in [0.29, 0.717) is 13.0 Å². The Bertz CT molecular complexity index is 945. The molecular formula is C21H24ClNO2S. The molecule has 0 saturated carbocycles. The van der Waals surface area contributed by atoms with Crippen molar-refractivity contribution in [1.29, 1.82) is 0 Å². The van der Waals surface area contributed by atoms with Crippen molar-refractivity contribution < 1.29 is 9.84 Å². The summed E-state index contributed by atoms with van der Waals surface area (Å²) in [5.74, 6) is 0. The summed E-state index contributed by atoms with van der Waals surface area (Å²) >= 11 is 7.78. The van der Waals surface area contributed by atoms with Gasteiger partial charge < -0.3 is 14.8 Å². The number of nitrogens with one attached hydrogen (secondary N) is 1. The first kappa shape index (κ1) is 18.1. The second kappa shape index (κ2) is 7.01. The molecule has 0 fully saturated rings. The number of aromatic amines is 1. The van der Waals surface area contributed by atoms with Crippen LogP contribution in [0.2, 0.25) is 4.34 Å². The van der Waals surface area contributed by atoms with E-state index in [1.807, 2.05) is 6.07 Å². The topological polar surface area (TPSA) is 45.2 Å². The van der Waals surface area contributed by atoms with Gasteiger partial charge in [-0.05, 0) is 60.2 Å². The zero-order valence-corrected chi connectivity index (χ0v) is 16.8. The molecule has 3 heterocycles. The van der Waals surface area contributed by atoms with E-state index in [4.69, 9.17) is 16.3 Å². The first-order valence-electron chi connectivity index (χ1n) is 9.30. The lowest BCUT2D eigenvalue weighted by atomic mass is 9.86. The second-order valence-electron chi connectivity index (χ2n) is 6.91. The van der Waals surface area contributed by atoms with Crippen LogP contribution in [-0.2, 0) is 23.2 Å². The van der Waals surface area contributed by atoms with Crippen LogP contribution < -0.4 is 0 Å². The number of aliphatic hydroxyl groups is 1. The number of rotatable bonds is 5. The molecule has 0 saturated heterocycles. The Morgan fingerprint density at radius 3 is 2.81 bits per heavy atom. The van der Waals surface area contributed by atoms with Crippen LogP contribution in [0, 0.1) is 0 Å². The Labute approximate surface area is 163 Å². The maximum absolute atomic E-state index is 9.61. The molecule has 0 radical (unpaired) electrons. The monoisotopic (exact) mass is 389 g/mol. The van der Waals surface area contributed by atoms with E-state index in [-0.39, 0.29) is 6.61 Å². The highest BCUT2D eigenvalue weighted by molar-refractivity contribution is 7.19. The molecule has 2 aromatic heterocycles. The molecule has 3 aromatic rings. The summed E-state index contributed by atoms with van der Waals surface area (Å²) in [6.07, 6.45) is 3.34. The highest BCUT2D eigenvalue weighted by Crippen LogP contribution is 2.43. The summed E-state index contributed by atoms with van der Waals surface area (Å²) in [5.41, 5.74) is 5.85. The Hall–Kier alpha value is -1.33. The highest BCUT2D eigenvalue weighted by atomic mass is 35.5. The number of aromatic nitrogens is 1. The van der Waals surface area contributed by atoms with E-state index in [0.717, 1.165) is 29.3 Å². The normalized spacial score (nSPS) is 19.8. The van der Waals surface area contributed by atoms with Crippen LogP contribution in [0.3, 0.4) is 0 Å². The van der Waals surface area contributed by atoms with Gasteiger partial charge in [0.1, 0.15) is 5.60 Å². The number of fused-ring (bicyclic) bond motifs is 3. The van der Waals surface area contributed by atoms with E-state index in [9.17, 15) is 5.11 Å². The molecule has 26 heavy (non-hydrogen) atoms.